The van der Waals surface area contributed by atoms with Crippen molar-refractivity contribution in [3.05, 3.63) is 40.3 Å². The van der Waals surface area contributed by atoms with Crippen LogP contribution in [0, 0.1) is 0 Å². The van der Waals surface area contributed by atoms with Gasteiger partial charge >= 0.3 is 0 Å². The molecular weight excluding hydrogens is 326 g/mol. The van der Waals surface area contributed by atoms with Crippen molar-refractivity contribution in [3.63, 3.8) is 0 Å². The lowest BCUT2D eigenvalue weighted by atomic mass is 10.2. The average molecular weight is 353 g/mol. The van der Waals surface area contributed by atoms with E-state index in [9.17, 15) is 0 Å². The smallest absolute Gasteiger partial charge is 0.118 e. The van der Waals surface area contributed by atoms with Gasteiger partial charge in [0.15, 0.2) is 0 Å². The maximum absolute atomic E-state index is 8.08. The van der Waals surface area contributed by atoms with Crippen molar-refractivity contribution in [3.8, 4) is 5.75 Å². The van der Waals surface area contributed by atoms with E-state index in [1.54, 1.807) is 7.11 Å². The number of azide groups is 1. The highest BCUT2D eigenvalue weighted by molar-refractivity contribution is 5.26. The van der Waals surface area contributed by atoms with Crippen LogP contribution in [0.5, 0.6) is 5.75 Å². The fraction of sp³-hybridized carbons (Fsp3) is 0.647. The second-order valence-corrected chi connectivity index (χ2v) is 5.05. The summed E-state index contributed by atoms with van der Waals surface area (Å²) in [6.07, 6.45) is 0.831. The Balaban J connectivity index is 1.80. The van der Waals surface area contributed by atoms with E-state index >= 15 is 0 Å². The van der Waals surface area contributed by atoms with Crippen LogP contribution in [-0.2, 0) is 25.6 Å². The first-order valence-corrected chi connectivity index (χ1v) is 8.31. The maximum atomic E-state index is 8.08. The van der Waals surface area contributed by atoms with Gasteiger partial charge in [-0.3, -0.25) is 0 Å². The lowest BCUT2D eigenvalue weighted by Gasteiger charge is -2.07. The molecule has 0 fully saturated rings. The summed E-state index contributed by atoms with van der Waals surface area (Å²) < 4.78 is 26.7. The standard InChI is InChI=1S/C17H27N3O5/c1-21-17-5-3-16(4-6-17)15-25-14-13-23-9-2-8-22-11-12-24-10-7-19-20-18/h3-6H,2,7-15H2,1H3. The fourth-order valence-corrected chi connectivity index (χ4v) is 1.87. The first kappa shape index (κ1) is 21.2. The second kappa shape index (κ2) is 15.7. The molecule has 0 aliphatic heterocycles. The van der Waals surface area contributed by atoms with Gasteiger partial charge in [0.1, 0.15) is 5.75 Å². The summed E-state index contributed by atoms with van der Waals surface area (Å²) in [7, 11) is 1.65. The third-order valence-electron chi connectivity index (χ3n) is 3.15. The van der Waals surface area contributed by atoms with Gasteiger partial charge in [-0.25, -0.2) is 0 Å². The van der Waals surface area contributed by atoms with Crippen LogP contribution in [0.15, 0.2) is 29.4 Å². The Labute approximate surface area is 148 Å². The van der Waals surface area contributed by atoms with E-state index in [1.807, 2.05) is 24.3 Å². The van der Waals surface area contributed by atoms with Crippen LogP contribution in [0.4, 0.5) is 0 Å². The Morgan fingerprint density at radius 3 is 2.04 bits per heavy atom. The number of hydrogen-bond donors (Lipinski definition) is 0. The summed E-state index contributed by atoms with van der Waals surface area (Å²) in [4.78, 5) is 2.64. The number of rotatable bonds is 16. The zero-order valence-corrected chi connectivity index (χ0v) is 14.8. The Kier molecular flexibility index (Phi) is 13.3. The van der Waals surface area contributed by atoms with Crippen molar-refractivity contribution in [1.82, 2.24) is 0 Å². The van der Waals surface area contributed by atoms with E-state index in [1.165, 1.54) is 0 Å². The van der Waals surface area contributed by atoms with Crippen LogP contribution in [-0.4, -0.2) is 59.9 Å². The summed E-state index contributed by atoms with van der Waals surface area (Å²) in [6.45, 7) is 4.77. The summed E-state index contributed by atoms with van der Waals surface area (Å²) in [5.41, 5.74) is 9.19. The monoisotopic (exact) mass is 353 g/mol. The quantitative estimate of drug-likeness (QED) is 0.197. The molecule has 1 aromatic carbocycles. The Morgan fingerprint density at radius 2 is 1.44 bits per heavy atom. The van der Waals surface area contributed by atoms with Gasteiger partial charge < -0.3 is 23.7 Å². The van der Waals surface area contributed by atoms with Gasteiger partial charge in [0.2, 0.25) is 0 Å². The second-order valence-electron chi connectivity index (χ2n) is 5.05. The van der Waals surface area contributed by atoms with Gasteiger partial charge in [0, 0.05) is 24.7 Å². The maximum Gasteiger partial charge on any atom is 0.118 e. The highest BCUT2D eigenvalue weighted by atomic mass is 16.5. The highest BCUT2D eigenvalue weighted by Gasteiger charge is 1.96. The molecule has 0 spiro atoms. The Morgan fingerprint density at radius 1 is 0.840 bits per heavy atom. The Hall–Kier alpha value is -1.83. The molecule has 0 bridgehead atoms. The van der Waals surface area contributed by atoms with E-state index in [0.29, 0.717) is 59.4 Å². The van der Waals surface area contributed by atoms with E-state index < -0.39 is 0 Å². The summed E-state index contributed by atoms with van der Waals surface area (Å²) >= 11 is 0. The molecule has 0 aromatic heterocycles. The largest absolute Gasteiger partial charge is 0.497 e. The molecule has 0 saturated heterocycles. The summed E-state index contributed by atoms with van der Waals surface area (Å²) in [6, 6.07) is 7.80. The third kappa shape index (κ3) is 12.2. The van der Waals surface area contributed by atoms with Gasteiger partial charge in [-0.05, 0) is 29.6 Å². The third-order valence-corrected chi connectivity index (χ3v) is 3.15. The Bertz CT molecular complexity index is 478. The van der Waals surface area contributed by atoms with Crippen LogP contribution in [0.1, 0.15) is 12.0 Å². The molecular formula is C17H27N3O5. The van der Waals surface area contributed by atoms with Gasteiger partial charge in [0.25, 0.3) is 0 Å². The van der Waals surface area contributed by atoms with Crippen LogP contribution in [0.25, 0.3) is 10.4 Å². The molecule has 0 aliphatic carbocycles. The summed E-state index contributed by atoms with van der Waals surface area (Å²) in [5, 5.41) is 3.37. The first-order chi connectivity index (χ1) is 12.4. The molecule has 1 rings (SSSR count). The molecule has 0 radical (unpaired) electrons. The zero-order valence-electron chi connectivity index (χ0n) is 14.8. The molecule has 0 atom stereocenters. The van der Waals surface area contributed by atoms with Crippen LogP contribution < -0.4 is 4.74 Å². The minimum Gasteiger partial charge on any atom is -0.497 e. The summed E-state index contributed by atoms with van der Waals surface area (Å²) in [5.74, 6) is 0.842. The molecule has 0 N–H and O–H groups in total. The topological polar surface area (TPSA) is 94.9 Å². The molecule has 0 unspecified atom stereocenters. The van der Waals surface area contributed by atoms with Crippen molar-refractivity contribution >= 4 is 0 Å². The number of nitrogens with zero attached hydrogens (tertiary/aromatic N) is 3. The zero-order chi connectivity index (χ0) is 18.0. The van der Waals surface area contributed by atoms with Crippen LogP contribution in [0.2, 0.25) is 0 Å². The number of ether oxygens (including phenoxy) is 5. The normalized spacial score (nSPS) is 10.4. The molecule has 1 aromatic rings. The van der Waals surface area contributed by atoms with Gasteiger partial charge in [-0.2, -0.15) is 0 Å². The van der Waals surface area contributed by atoms with Crippen LogP contribution in [0.3, 0.4) is 0 Å². The lowest BCUT2D eigenvalue weighted by Crippen LogP contribution is -2.10. The predicted molar refractivity (Wildman–Crippen MR) is 93.7 cm³/mol. The first-order valence-electron chi connectivity index (χ1n) is 8.31. The van der Waals surface area contributed by atoms with Crippen molar-refractivity contribution in [2.45, 2.75) is 13.0 Å². The van der Waals surface area contributed by atoms with E-state index in [2.05, 4.69) is 10.0 Å². The van der Waals surface area contributed by atoms with Crippen molar-refractivity contribution < 1.29 is 23.7 Å². The minimum absolute atomic E-state index is 0.352. The lowest BCUT2D eigenvalue weighted by molar-refractivity contribution is 0.0197. The van der Waals surface area contributed by atoms with E-state index in [0.717, 1.165) is 17.7 Å². The fourth-order valence-electron chi connectivity index (χ4n) is 1.87. The molecule has 0 saturated carbocycles. The van der Waals surface area contributed by atoms with Gasteiger partial charge in [0.05, 0.1) is 46.8 Å². The van der Waals surface area contributed by atoms with Crippen molar-refractivity contribution in [2.24, 2.45) is 5.11 Å². The molecule has 25 heavy (non-hydrogen) atoms. The molecule has 8 heteroatoms. The van der Waals surface area contributed by atoms with Gasteiger partial charge in [-0.15, -0.1) is 0 Å². The van der Waals surface area contributed by atoms with Gasteiger partial charge in [-0.1, -0.05) is 17.2 Å². The number of hydrogen-bond acceptors (Lipinski definition) is 6. The molecule has 140 valence electrons. The molecule has 0 heterocycles. The molecule has 0 amide bonds. The number of benzene rings is 1. The highest BCUT2D eigenvalue weighted by Crippen LogP contribution is 2.11. The minimum atomic E-state index is 0.352. The SMILES string of the molecule is COc1ccc(COCCOCCCOCCOCCN=[N+]=[N-])cc1. The predicted octanol–water partition coefficient (Wildman–Crippen LogP) is 2.96. The average Bonchev–Trinajstić information content (AvgIpc) is 2.65. The van der Waals surface area contributed by atoms with E-state index in [-0.39, 0.29) is 0 Å². The van der Waals surface area contributed by atoms with Crippen LogP contribution >= 0.6 is 0 Å². The number of methoxy groups -OCH3 is 1. The van der Waals surface area contributed by atoms with Crippen molar-refractivity contribution in [2.75, 3.05) is 59.9 Å². The van der Waals surface area contributed by atoms with Crippen molar-refractivity contribution in [1.29, 1.82) is 0 Å². The molecule has 8 nitrogen and oxygen atoms in total. The van der Waals surface area contributed by atoms with E-state index in [4.69, 9.17) is 29.2 Å². The molecule has 0 aliphatic rings.